The summed E-state index contributed by atoms with van der Waals surface area (Å²) >= 11 is 0. The van der Waals surface area contributed by atoms with Gasteiger partial charge in [0.1, 0.15) is 6.04 Å². The summed E-state index contributed by atoms with van der Waals surface area (Å²) < 4.78 is 7.10. The van der Waals surface area contributed by atoms with Crippen LogP contribution in [0, 0.1) is 5.92 Å². The number of carbonyl (C=O) groups excluding carboxylic acids is 2. The van der Waals surface area contributed by atoms with Gasteiger partial charge in [-0.3, -0.25) is 4.79 Å². The number of hydrogen-bond acceptors (Lipinski definition) is 4. The number of carbonyl (C=O) groups is 2. The minimum Gasteiger partial charge on any atom is -0.467 e. The first-order chi connectivity index (χ1) is 13.7. The number of aromatic nitrogens is 2. The summed E-state index contributed by atoms with van der Waals surface area (Å²) in [7, 11) is 1.38. The van der Waals surface area contributed by atoms with Crippen molar-refractivity contribution in [3.05, 3.63) is 53.6 Å². The third-order valence-corrected chi connectivity index (χ3v) is 6.02. The fraction of sp³-hybridized carbons (Fsp3) is 0.500. The van der Waals surface area contributed by atoms with Gasteiger partial charge in [-0.25, -0.2) is 9.78 Å². The van der Waals surface area contributed by atoms with Gasteiger partial charge in [-0.2, -0.15) is 0 Å². The molecule has 6 heteroatoms. The zero-order chi connectivity index (χ0) is 19.5. The molecule has 1 fully saturated rings. The van der Waals surface area contributed by atoms with Crippen LogP contribution in [0.2, 0.25) is 0 Å². The van der Waals surface area contributed by atoms with Crippen LogP contribution < -0.4 is 0 Å². The zero-order valence-electron chi connectivity index (χ0n) is 16.3. The molecule has 2 heterocycles. The molecule has 4 rings (SSSR count). The molecule has 2 aliphatic rings. The number of methoxy groups -OCH3 is 1. The van der Waals surface area contributed by atoms with E-state index >= 15 is 0 Å². The smallest absolute Gasteiger partial charge is 0.329 e. The van der Waals surface area contributed by atoms with E-state index in [0.717, 1.165) is 37.1 Å². The van der Waals surface area contributed by atoms with Gasteiger partial charge in [-0.05, 0) is 18.4 Å². The van der Waals surface area contributed by atoms with Crippen molar-refractivity contribution in [2.75, 3.05) is 7.11 Å². The normalized spacial score (nSPS) is 19.9. The van der Waals surface area contributed by atoms with Gasteiger partial charge < -0.3 is 14.2 Å². The molecule has 1 aliphatic heterocycles. The van der Waals surface area contributed by atoms with Crippen LogP contribution in [0.4, 0.5) is 0 Å². The van der Waals surface area contributed by atoms with Crippen molar-refractivity contribution in [2.45, 2.75) is 57.7 Å². The van der Waals surface area contributed by atoms with E-state index in [1.807, 2.05) is 24.5 Å². The van der Waals surface area contributed by atoms with Gasteiger partial charge in [0.25, 0.3) is 0 Å². The maximum atomic E-state index is 13.3. The highest BCUT2D eigenvalue weighted by Crippen LogP contribution is 2.30. The maximum absolute atomic E-state index is 13.3. The molecule has 0 saturated heterocycles. The van der Waals surface area contributed by atoms with Crippen LogP contribution in [0.15, 0.2) is 36.7 Å². The average Bonchev–Trinajstić information content (AvgIpc) is 3.14. The van der Waals surface area contributed by atoms with Gasteiger partial charge in [0.15, 0.2) is 0 Å². The number of rotatable bonds is 4. The molecule has 0 spiro atoms. The Labute approximate surface area is 165 Å². The third-order valence-electron chi connectivity index (χ3n) is 6.02. The summed E-state index contributed by atoms with van der Waals surface area (Å²) in [4.78, 5) is 32.0. The first-order valence-electron chi connectivity index (χ1n) is 10.1. The Morgan fingerprint density at radius 2 is 1.89 bits per heavy atom. The van der Waals surface area contributed by atoms with Crippen LogP contribution in [0.5, 0.6) is 0 Å². The highest BCUT2D eigenvalue weighted by Gasteiger charge is 2.40. The number of ether oxygens (including phenoxy) is 1. The van der Waals surface area contributed by atoms with Crippen LogP contribution in [-0.4, -0.2) is 39.5 Å². The number of nitrogens with zero attached hydrogens (tertiary/aromatic N) is 3. The van der Waals surface area contributed by atoms with Gasteiger partial charge in [-0.15, -0.1) is 0 Å². The molecule has 0 bridgehead atoms. The van der Waals surface area contributed by atoms with Crippen molar-refractivity contribution in [3.8, 4) is 0 Å². The molecule has 1 amide bonds. The van der Waals surface area contributed by atoms with E-state index in [2.05, 4.69) is 21.7 Å². The second-order valence-corrected chi connectivity index (χ2v) is 7.80. The van der Waals surface area contributed by atoms with Crippen molar-refractivity contribution in [3.63, 3.8) is 0 Å². The molecule has 0 unspecified atom stereocenters. The van der Waals surface area contributed by atoms with Crippen LogP contribution in [0.1, 0.15) is 49.1 Å². The minimum absolute atomic E-state index is 0.0213. The van der Waals surface area contributed by atoms with Crippen molar-refractivity contribution in [1.29, 1.82) is 0 Å². The van der Waals surface area contributed by atoms with Crippen LogP contribution >= 0.6 is 0 Å². The first-order valence-corrected chi connectivity index (χ1v) is 10.1. The molecule has 0 radical (unpaired) electrons. The monoisotopic (exact) mass is 381 g/mol. The minimum atomic E-state index is -0.577. The summed E-state index contributed by atoms with van der Waals surface area (Å²) in [6.45, 7) is 1.12. The number of imidazole rings is 1. The standard InChI is InChI=1S/C22H27N3O3/c1-28-22(27)19-12-18-20(14-25(19)21(26)17-10-6-3-7-11-17)24(15-23-18)13-16-8-4-2-5-9-16/h2,4-5,8-9,15,17,19H,3,6-7,10-14H2,1H3/t19-/m1/s1. The Balaban J connectivity index is 1.61. The van der Waals surface area contributed by atoms with E-state index in [1.165, 1.54) is 19.1 Å². The van der Waals surface area contributed by atoms with Crippen molar-refractivity contribution in [1.82, 2.24) is 14.5 Å². The lowest BCUT2D eigenvalue weighted by Gasteiger charge is -2.37. The van der Waals surface area contributed by atoms with Gasteiger partial charge in [0, 0.05) is 18.9 Å². The molecular formula is C22H27N3O3. The Morgan fingerprint density at radius 1 is 1.14 bits per heavy atom. The molecule has 1 aromatic carbocycles. The molecule has 6 nitrogen and oxygen atoms in total. The van der Waals surface area contributed by atoms with E-state index in [9.17, 15) is 9.59 Å². The Kier molecular flexibility index (Phi) is 5.46. The van der Waals surface area contributed by atoms with E-state index in [0.29, 0.717) is 19.5 Å². The Morgan fingerprint density at radius 3 is 2.61 bits per heavy atom. The van der Waals surface area contributed by atoms with Gasteiger partial charge in [-0.1, -0.05) is 49.6 Å². The molecule has 1 saturated carbocycles. The van der Waals surface area contributed by atoms with Crippen LogP contribution in [0.25, 0.3) is 0 Å². The molecule has 28 heavy (non-hydrogen) atoms. The third kappa shape index (κ3) is 3.68. The van der Waals surface area contributed by atoms with E-state index in [-0.39, 0.29) is 17.8 Å². The van der Waals surface area contributed by atoms with Crippen molar-refractivity contribution in [2.24, 2.45) is 5.92 Å². The maximum Gasteiger partial charge on any atom is 0.329 e. The second kappa shape index (κ2) is 8.17. The fourth-order valence-corrected chi connectivity index (χ4v) is 4.45. The predicted octanol–water partition coefficient (Wildman–Crippen LogP) is 2.94. The lowest BCUT2D eigenvalue weighted by molar-refractivity contribution is -0.156. The number of amides is 1. The first kappa shape index (κ1) is 18.7. The summed E-state index contributed by atoms with van der Waals surface area (Å²) in [5.74, 6) is -0.242. The summed E-state index contributed by atoms with van der Waals surface area (Å²) in [6.07, 6.45) is 7.44. The number of fused-ring (bicyclic) bond motifs is 1. The second-order valence-electron chi connectivity index (χ2n) is 7.80. The zero-order valence-corrected chi connectivity index (χ0v) is 16.3. The SMILES string of the molecule is COC(=O)[C@H]1Cc2ncn(Cc3ccccc3)c2CN1C(=O)C1CCCCC1. The lowest BCUT2D eigenvalue weighted by atomic mass is 9.87. The molecule has 0 N–H and O–H groups in total. The molecule has 148 valence electrons. The summed E-state index contributed by atoms with van der Waals surface area (Å²) in [6, 6.07) is 9.62. The number of hydrogen-bond donors (Lipinski definition) is 0. The lowest BCUT2D eigenvalue weighted by Crippen LogP contribution is -2.51. The summed E-state index contributed by atoms with van der Waals surface area (Å²) in [5.41, 5.74) is 3.09. The van der Waals surface area contributed by atoms with E-state index in [1.54, 1.807) is 4.90 Å². The predicted molar refractivity (Wildman–Crippen MR) is 104 cm³/mol. The van der Waals surface area contributed by atoms with Crippen molar-refractivity contribution < 1.29 is 14.3 Å². The number of esters is 1. The Bertz CT molecular complexity index is 840. The Hall–Kier alpha value is -2.63. The van der Waals surface area contributed by atoms with Gasteiger partial charge in [0.2, 0.25) is 5.91 Å². The topological polar surface area (TPSA) is 64.4 Å². The largest absolute Gasteiger partial charge is 0.467 e. The van der Waals surface area contributed by atoms with E-state index in [4.69, 9.17) is 4.74 Å². The molecule has 2 aromatic rings. The molecular weight excluding hydrogens is 354 g/mol. The average molecular weight is 381 g/mol. The molecule has 1 atom stereocenters. The van der Waals surface area contributed by atoms with Crippen LogP contribution in [0.3, 0.4) is 0 Å². The van der Waals surface area contributed by atoms with Crippen molar-refractivity contribution >= 4 is 11.9 Å². The number of benzene rings is 1. The molecule has 1 aliphatic carbocycles. The fourth-order valence-electron chi connectivity index (χ4n) is 4.45. The highest BCUT2D eigenvalue weighted by molar-refractivity contribution is 5.86. The quantitative estimate of drug-likeness (QED) is 0.764. The van der Waals surface area contributed by atoms with Crippen LogP contribution in [-0.2, 0) is 33.8 Å². The molecule has 1 aromatic heterocycles. The van der Waals surface area contributed by atoms with Gasteiger partial charge in [0.05, 0.1) is 31.4 Å². The van der Waals surface area contributed by atoms with Gasteiger partial charge >= 0.3 is 5.97 Å². The summed E-state index contributed by atoms with van der Waals surface area (Å²) in [5, 5.41) is 0. The van der Waals surface area contributed by atoms with E-state index < -0.39 is 6.04 Å². The highest BCUT2D eigenvalue weighted by atomic mass is 16.5.